The molecule has 0 atom stereocenters. The van der Waals surface area contributed by atoms with E-state index < -0.39 is 0 Å². The number of ether oxygens (including phenoxy) is 2. The molecule has 2 heterocycles. The number of piperidine rings is 1. The Balaban J connectivity index is 1.62. The molecule has 146 valence electrons. The van der Waals surface area contributed by atoms with Crippen molar-refractivity contribution in [3.8, 4) is 11.5 Å². The van der Waals surface area contributed by atoms with Crippen molar-refractivity contribution >= 4 is 22.7 Å². The van der Waals surface area contributed by atoms with Crippen LogP contribution in [0, 0.1) is 0 Å². The zero-order valence-electron chi connectivity index (χ0n) is 16.4. The molecule has 1 fully saturated rings. The summed E-state index contributed by atoms with van der Waals surface area (Å²) in [5.74, 6) is 3.13. The Labute approximate surface area is 165 Å². The van der Waals surface area contributed by atoms with E-state index in [-0.39, 0.29) is 0 Å². The monoisotopic (exact) mass is 378 g/mol. The number of rotatable bonds is 6. The van der Waals surface area contributed by atoms with Gasteiger partial charge in [0.2, 0.25) is 5.95 Å². The van der Waals surface area contributed by atoms with Crippen LogP contribution in [0.25, 0.3) is 10.9 Å². The van der Waals surface area contributed by atoms with Gasteiger partial charge in [-0.25, -0.2) is 4.98 Å². The molecule has 0 radical (unpaired) electrons. The predicted octanol–water partition coefficient (Wildman–Crippen LogP) is 4.25. The van der Waals surface area contributed by atoms with E-state index in [9.17, 15) is 0 Å². The van der Waals surface area contributed by atoms with Gasteiger partial charge in [-0.15, -0.1) is 0 Å². The number of para-hydroxylation sites is 1. The van der Waals surface area contributed by atoms with Crippen LogP contribution in [0.3, 0.4) is 0 Å². The zero-order valence-corrected chi connectivity index (χ0v) is 16.4. The first-order valence-corrected chi connectivity index (χ1v) is 9.75. The summed E-state index contributed by atoms with van der Waals surface area (Å²) in [6.45, 7) is 2.68. The van der Waals surface area contributed by atoms with Gasteiger partial charge in [0, 0.05) is 25.0 Å². The van der Waals surface area contributed by atoms with Crippen LogP contribution in [0.2, 0.25) is 0 Å². The molecule has 1 aliphatic rings. The lowest BCUT2D eigenvalue weighted by Crippen LogP contribution is -2.31. The highest BCUT2D eigenvalue weighted by Gasteiger charge is 2.16. The van der Waals surface area contributed by atoms with Gasteiger partial charge in [-0.05, 0) is 49.1 Å². The third-order valence-electron chi connectivity index (χ3n) is 5.14. The van der Waals surface area contributed by atoms with Crippen LogP contribution in [-0.2, 0) is 6.54 Å². The minimum absolute atomic E-state index is 0.640. The number of nitrogens with zero attached hydrogens (tertiary/aromatic N) is 3. The minimum Gasteiger partial charge on any atom is -0.493 e. The molecule has 1 saturated heterocycles. The van der Waals surface area contributed by atoms with Gasteiger partial charge in [0.15, 0.2) is 11.5 Å². The number of hydrogen-bond acceptors (Lipinski definition) is 6. The molecule has 28 heavy (non-hydrogen) atoms. The Morgan fingerprint density at radius 3 is 2.50 bits per heavy atom. The van der Waals surface area contributed by atoms with E-state index in [1.165, 1.54) is 19.3 Å². The van der Waals surface area contributed by atoms with Crippen LogP contribution < -0.4 is 19.7 Å². The summed E-state index contributed by atoms with van der Waals surface area (Å²) in [5, 5.41) is 4.53. The summed E-state index contributed by atoms with van der Waals surface area (Å²) in [7, 11) is 3.29. The number of anilines is 2. The zero-order chi connectivity index (χ0) is 19.3. The molecule has 6 heteroatoms. The molecule has 0 unspecified atom stereocenters. The Morgan fingerprint density at radius 1 is 0.929 bits per heavy atom. The molecule has 1 N–H and O–H groups in total. The fourth-order valence-corrected chi connectivity index (χ4v) is 3.61. The summed E-state index contributed by atoms with van der Waals surface area (Å²) in [6.07, 6.45) is 3.68. The van der Waals surface area contributed by atoms with E-state index >= 15 is 0 Å². The van der Waals surface area contributed by atoms with Gasteiger partial charge in [0.25, 0.3) is 0 Å². The normalized spacial score (nSPS) is 14.1. The molecule has 0 bridgehead atoms. The Kier molecular flexibility index (Phi) is 5.46. The first-order valence-electron chi connectivity index (χ1n) is 9.75. The van der Waals surface area contributed by atoms with Crippen LogP contribution >= 0.6 is 0 Å². The van der Waals surface area contributed by atoms with E-state index in [0.29, 0.717) is 6.54 Å². The Hall–Kier alpha value is -3.02. The fraction of sp³-hybridized carbons (Fsp3) is 0.364. The smallest absolute Gasteiger partial charge is 0.227 e. The molecule has 0 spiro atoms. The molecular formula is C22H26N4O2. The van der Waals surface area contributed by atoms with Crippen molar-refractivity contribution in [1.29, 1.82) is 0 Å². The van der Waals surface area contributed by atoms with Gasteiger partial charge in [-0.1, -0.05) is 18.2 Å². The van der Waals surface area contributed by atoms with E-state index in [2.05, 4.69) is 16.3 Å². The first kappa shape index (κ1) is 18.3. The second-order valence-electron chi connectivity index (χ2n) is 6.98. The molecule has 0 amide bonds. The molecule has 4 rings (SSSR count). The number of hydrogen-bond donors (Lipinski definition) is 1. The van der Waals surface area contributed by atoms with Crippen LogP contribution in [-0.4, -0.2) is 37.3 Å². The number of methoxy groups -OCH3 is 2. The highest BCUT2D eigenvalue weighted by Crippen LogP contribution is 2.29. The SMILES string of the molecule is COc1ccc(CNc2nc(N3CCCCC3)nc3ccccc23)cc1OC. The third-order valence-corrected chi connectivity index (χ3v) is 5.14. The van der Waals surface area contributed by atoms with Crippen LogP contribution in [0.5, 0.6) is 11.5 Å². The molecule has 1 aliphatic heterocycles. The molecule has 1 aromatic heterocycles. The van der Waals surface area contributed by atoms with Gasteiger partial charge in [0.1, 0.15) is 5.82 Å². The van der Waals surface area contributed by atoms with Crippen molar-refractivity contribution in [1.82, 2.24) is 9.97 Å². The summed E-state index contributed by atoms with van der Waals surface area (Å²) < 4.78 is 10.7. The van der Waals surface area contributed by atoms with Crippen molar-refractivity contribution < 1.29 is 9.47 Å². The van der Waals surface area contributed by atoms with E-state index in [4.69, 9.17) is 19.4 Å². The lowest BCUT2D eigenvalue weighted by Gasteiger charge is -2.27. The molecular weight excluding hydrogens is 352 g/mol. The second kappa shape index (κ2) is 8.33. The number of nitrogens with one attached hydrogen (secondary N) is 1. The van der Waals surface area contributed by atoms with Crippen molar-refractivity contribution in [2.24, 2.45) is 0 Å². The average Bonchev–Trinajstić information content (AvgIpc) is 2.77. The third kappa shape index (κ3) is 3.81. The van der Waals surface area contributed by atoms with Gasteiger partial charge in [-0.2, -0.15) is 4.98 Å². The Bertz CT molecular complexity index is 954. The average molecular weight is 378 g/mol. The van der Waals surface area contributed by atoms with Crippen molar-refractivity contribution in [2.45, 2.75) is 25.8 Å². The van der Waals surface area contributed by atoms with Gasteiger partial charge in [-0.3, -0.25) is 0 Å². The summed E-state index contributed by atoms with van der Waals surface area (Å²) in [5.41, 5.74) is 2.06. The number of fused-ring (bicyclic) bond motifs is 1. The van der Waals surface area contributed by atoms with Crippen LogP contribution in [0.1, 0.15) is 24.8 Å². The van der Waals surface area contributed by atoms with Gasteiger partial charge in [0.05, 0.1) is 19.7 Å². The minimum atomic E-state index is 0.640. The quantitative estimate of drug-likeness (QED) is 0.692. The molecule has 0 saturated carbocycles. The largest absolute Gasteiger partial charge is 0.493 e. The van der Waals surface area contributed by atoms with E-state index in [1.807, 2.05) is 36.4 Å². The van der Waals surface area contributed by atoms with Gasteiger partial charge >= 0.3 is 0 Å². The lowest BCUT2D eigenvalue weighted by atomic mass is 10.1. The maximum atomic E-state index is 5.41. The number of benzene rings is 2. The summed E-state index contributed by atoms with van der Waals surface area (Å²) in [4.78, 5) is 12.0. The van der Waals surface area contributed by atoms with Gasteiger partial charge < -0.3 is 19.7 Å². The standard InChI is InChI=1S/C22H26N4O2/c1-27-19-11-10-16(14-20(19)28-2)15-23-21-17-8-4-5-9-18(17)24-22(25-21)26-12-6-3-7-13-26/h4-5,8-11,14H,3,6-7,12-13,15H2,1-2H3,(H,23,24,25). The summed E-state index contributed by atoms with van der Waals surface area (Å²) in [6, 6.07) is 14.1. The fourth-order valence-electron chi connectivity index (χ4n) is 3.61. The van der Waals surface area contributed by atoms with Crippen LogP contribution in [0.4, 0.5) is 11.8 Å². The highest BCUT2D eigenvalue weighted by molar-refractivity contribution is 5.90. The summed E-state index contributed by atoms with van der Waals surface area (Å²) >= 11 is 0. The maximum Gasteiger partial charge on any atom is 0.227 e. The Morgan fingerprint density at radius 2 is 1.71 bits per heavy atom. The topological polar surface area (TPSA) is 59.5 Å². The first-order chi connectivity index (χ1) is 13.8. The predicted molar refractivity (Wildman–Crippen MR) is 112 cm³/mol. The molecule has 3 aromatic rings. The van der Waals surface area contributed by atoms with Crippen molar-refractivity contribution in [2.75, 3.05) is 37.5 Å². The van der Waals surface area contributed by atoms with Crippen LogP contribution in [0.15, 0.2) is 42.5 Å². The second-order valence-corrected chi connectivity index (χ2v) is 6.98. The van der Waals surface area contributed by atoms with E-state index in [1.54, 1.807) is 14.2 Å². The molecule has 6 nitrogen and oxygen atoms in total. The molecule has 0 aliphatic carbocycles. The number of aromatic nitrogens is 2. The van der Waals surface area contributed by atoms with E-state index in [0.717, 1.165) is 52.8 Å². The maximum absolute atomic E-state index is 5.41. The highest BCUT2D eigenvalue weighted by atomic mass is 16.5. The molecule has 2 aromatic carbocycles. The van der Waals surface area contributed by atoms with Crippen molar-refractivity contribution in [3.63, 3.8) is 0 Å². The lowest BCUT2D eigenvalue weighted by molar-refractivity contribution is 0.354. The van der Waals surface area contributed by atoms with Crippen molar-refractivity contribution in [3.05, 3.63) is 48.0 Å².